The highest BCUT2D eigenvalue weighted by molar-refractivity contribution is 7.72. The van der Waals surface area contributed by atoms with Gasteiger partial charge in [0.2, 0.25) is 0 Å². The van der Waals surface area contributed by atoms with E-state index in [-0.39, 0.29) is 6.42 Å². The monoisotopic (exact) mass is 324 g/mol. The van der Waals surface area contributed by atoms with E-state index in [1.54, 1.807) is 0 Å². The Morgan fingerprint density at radius 1 is 0.944 bits per heavy atom. The molecule has 0 bridgehead atoms. The first-order chi connectivity index (χ1) is 7.71. The predicted molar refractivity (Wildman–Crippen MR) is 62.9 cm³/mol. The molecule has 0 heterocycles. The van der Waals surface area contributed by atoms with E-state index < -0.39 is 34.1 Å². The Labute approximate surface area is 103 Å². The first-order valence-electron chi connectivity index (χ1n) is 4.55. The molecule has 0 spiro atoms. The first-order valence-corrected chi connectivity index (χ1v) is 9.45. The zero-order chi connectivity index (χ0) is 14.8. The zero-order valence-electron chi connectivity index (χ0n) is 9.32. The highest BCUT2D eigenvalue weighted by Crippen LogP contribution is 2.70. The van der Waals surface area contributed by atoms with Gasteiger partial charge in [0.25, 0.3) is 0 Å². The average Bonchev–Trinajstić information content (AvgIpc) is 2.06. The molecule has 6 N–H and O–H groups in total. The topological polar surface area (TPSA) is 173 Å². The van der Waals surface area contributed by atoms with Crippen LogP contribution in [0.15, 0.2) is 11.9 Å². The van der Waals surface area contributed by atoms with Crippen molar-refractivity contribution < 1.29 is 43.1 Å². The Kier molecular flexibility index (Phi) is 5.73. The molecule has 0 aromatic heterocycles. The second-order valence-corrected chi connectivity index (χ2v) is 9.80. The summed E-state index contributed by atoms with van der Waals surface area (Å²) >= 11 is 0. The van der Waals surface area contributed by atoms with Gasteiger partial charge in [-0.2, -0.15) is 0 Å². The van der Waals surface area contributed by atoms with Crippen molar-refractivity contribution in [1.29, 1.82) is 0 Å². The van der Waals surface area contributed by atoms with Gasteiger partial charge < -0.3 is 29.4 Å². The van der Waals surface area contributed by atoms with Crippen molar-refractivity contribution in [3.8, 4) is 0 Å². The highest BCUT2D eigenvalue weighted by atomic mass is 31.2. The van der Waals surface area contributed by atoms with Crippen LogP contribution in [0.5, 0.6) is 0 Å². The minimum atomic E-state index is -5.08. The predicted octanol–water partition coefficient (Wildman–Crippen LogP) is 0.530. The van der Waals surface area contributed by atoms with Crippen LogP contribution in [-0.4, -0.2) is 34.3 Å². The van der Waals surface area contributed by atoms with E-state index in [4.69, 9.17) is 29.4 Å². The van der Waals surface area contributed by atoms with Crippen LogP contribution in [0.1, 0.15) is 19.8 Å². The lowest BCUT2D eigenvalue weighted by Gasteiger charge is -2.30. The zero-order valence-corrected chi connectivity index (χ0v) is 12.0. The molecule has 12 heteroatoms. The third-order valence-corrected chi connectivity index (χ3v) is 7.46. The van der Waals surface area contributed by atoms with Crippen LogP contribution in [0.2, 0.25) is 0 Å². The Morgan fingerprint density at radius 3 is 1.61 bits per heavy atom. The summed E-state index contributed by atoms with van der Waals surface area (Å²) in [5.41, 5.74) is 0. The normalized spacial score (nSPS) is 15.3. The molecule has 0 aliphatic rings. The molecule has 0 atom stereocenters. The van der Waals surface area contributed by atoms with E-state index in [1.165, 1.54) is 0 Å². The summed E-state index contributed by atoms with van der Waals surface area (Å²) in [6, 6.07) is 0. The van der Waals surface area contributed by atoms with Crippen LogP contribution in [0.25, 0.3) is 0 Å². The van der Waals surface area contributed by atoms with Gasteiger partial charge in [-0.15, -0.1) is 0 Å². The van der Waals surface area contributed by atoms with Crippen LogP contribution < -0.4 is 0 Å². The fraction of sp³-hybridized carbons (Fsp3) is 0.667. The molecule has 0 amide bonds. The van der Waals surface area contributed by atoms with E-state index in [0.717, 1.165) is 13.0 Å². The second-order valence-electron chi connectivity index (χ2n) is 3.82. The van der Waals surface area contributed by atoms with E-state index in [9.17, 15) is 13.7 Å². The SMILES string of the molecule is CC(CCC=CP(=O)(O)O)(P(=O)(O)O)P(=O)(O)O. The third-order valence-electron chi connectivity index (χ3n) is 2.34. The summed E-state index contributed by atoms with van der Waals surface area (Å²) in [6.45, 7) is 0.736. The molecule has 108 valence electrons. The Bertz CT molecular complexity index is 429. The maximum absolute atomic E-state index is 11.1. The second kappa shape index (κ2) is 5.67. The van der Waals surface area contributed by atoms with Gasteiger partial charge in [0, 0.05) is 5.82 Å². The van der Waals surface area contributed by atoms with Crippen LogP contribution in [-0.2, 0) is 13.7 Å². The minimum Gasteiger partial charge on any atom is -0.324 e. The first kappa shape index (κ1) is 18.2. The molecule has 0 aliphatic carbocycles. The van der Waals surface area contributed by atoms with Crippen LogP contribution in [0, 0.1) is 0 Å². The van der Waals surface area contributed by atoms with Crippen molar-refractivity contribution in [3.05, 3.63) is 11.9 Å². The molecule has 0 fully saturated rings. The van der Waals surface area contributed by atoms with Gasteiger partial charge >= 0.3 is 22.8 Å². The summed E-state index contributed by atoms with van der Waals surface area (Å²) in [5, 5.41) is 0. The summed E-state index contributed by atoms with van der Waals surface area (Å²) in [6.07, 6.45) is 0.0141. The van der Waals surface area contributed by atoms with Crippen molar-refractivity contribution in [2.45, 2.75) is 24.7 Å². The fourth-order valence-corrected chi connectivity index (χ4v) is 3.65. The van der Waals surface area contributed by atoms with Gasteiger partial charge in [-0.3, -0.25) is 13.7 Å². The molecule has 0 saturated heterocycles. The Morgan fingerprint density at radius 2 is 1.33 bits per heavy atom. The standard InChI is InChI=1S/C6H15O9P3/c1-6(17(10,11)12,18(13,14)15)4-2-3-5-16(7,8)9/h3,5H,2,4H2,1H3,(H2,7,8,9)(H2,10,11,12)(H2,13,14,15). The molecule has 18 heavy (non-hydrogen) atoms. The van der Waals surface area contributed by atoms with E-state index in [1.807, 2.05) is 0 Å². The lowest BCUT2D eigenvalue weighted by molar-refractivity contribution is 0.308. The van der Waals surface area contributed by atoms with Gasteiger partial charge in [-0.05, 0) is 19.8 Å². The summed E-state index contributed by atoms with van der Waals surface area (Å²) < 4.78 is 32.7. The molecule has 0 aromatic rings. The minimum absolute atomic E-state index is 0.294. The molecule has 0 saturated carbocycles. The smallest absolute Gasteiger partial charge is 0.324 e. The quantitative estimate of drug-likeness (QED) is 0.381. The maximum atomic E-state index is 11.1. The number of hydrogen-bond donors (Lipinski definition) is 6. The van der Waals surface area contributed by atoms with Gasteiger partial charge in [0.05, 0.1) is 0 Å². The lowest BCUT2D eigenvalue weighted by atomic mass is 10.2. The molecule has 0 rings (SSSR count). The van der Waals surface area contributed by atoms with Crippen LogP contribution >= 0.6 is 22.8 Å². The number of allylic oxidation sites excluding steroid dienone is 1. The molecule has 9 nitrogen and oxygen atoms in total. The lowest BCUT2D eigenvalue weighted by Crippen LogP contribution is -2.24. The van der Waals surface area contributed by atoms with Crippen molar-refractivity contribution in [3.63, 3.8) is 0 Å². The Hall–Kier alpha value is 0.190. The highest BCUT2D eigenvalue weighted by Gasteiger charge is 2.55. The third kappa shape index (κ3) is 5.05. The van der Waals surface area contributed by atoms with Gasteiger partial charge in [0.15, 0.2) is 4.90 Å². The Balaban J connectivity index is 5.00. The number of hydrogen-bond acceptors (Lipinski definition) is 3. The van der Waals surface area contributed by atoms with Crippen molar-refractivity contribution in [2.24, 2.45) is 0 Å². The largest absolute Gasteiger partial charge is 0.348 e. The summed E-state index contributed by atoms with van der Waals surface area (Å²) in [5.74, 6) is 0.507. The average molecular weight is 324 g/mol. The van der Waals surface area contributed by atoms with Crippen molar-refractivity contribution in [1.82, 2.24) is 0 Å². The number of rotatable bonds is 6. The van der Waals surface area contributed by atoms with Crippen LogP contribution in [0.4, 0.5) is 0 Å². The van der Waals surface area contributed by atoms with Crippen LogP contribution in [0.3, 0.4) is 0 Å². The summed E-state index contributed by atoms with van der Waals surface area (Å²) in [4.78, 5) is 50.3. The fourth-order valence-electron chi connectivity index (χ4n) is 1.03. The molecular formula is C6H15O9P3. The molecule has 0 aliphatic heterocycles. The van der Waals surface area contributed by atoms with Crippen molar-refractivity contribution >= 4 is 22.8 Å². The van der Waals surface area contributed by atoms with Gasteiger partial charge in [-0.25, -0.2) is 0 Å². The molecular weight excluding hydrogens is 309 g/mol. The van der Waals surface area contributed by atoms with Gasteiger partial charge in [-0.1, -0.05) is 6.08 Å². The van der Waals surface area contributed by atoms with E-state index in [2.05, 4.69) is 0 Å². The molecule has 0 radical (unpaired) electrons. The summed E-state index contributed by atoms with van der Waals surface area (Å²) in [7, 11) is -14.6. The van der Waals surface area contributed by atoms with E-state index >= 15 is 0 Å². The van der Waals surface area contributed by atoms with Gasteiger partial charge in [0.1, 0.15) is 0 Å². The van der Waals surface area contributed by atoms with Crippen molar-refractivity contribution in [2.75, 3.05) is 0 Å². The van der Waals surface area contributed by atoms with E-state index in [0.29, 0.717) is 5.82 Å². The maximum Gasteiger partial charge on any atom is 0.348 e. The molecule has 0 aromatic carbocycles. The molecule has 0 unspecified atom stereocenters.